The van der Waals surface area contributed by atoms with Gasteiger partial charge in [-0.15, -0.1) is 5.10 Å². The summed E-state index contributed by atoms with van der Waals surface area (Å²) in [5.74, 6) is 0. The molecule has 4 nitrogen and oxygen atoms in total. The van der Waals surface area contributed by atoms with Crippen LogP contribution in [0.1, 0.15) is 12.5 Å². The van der Waals surface area contributed by atoms with Crippen LogP contribution in [0.2, 0.25) is 0 Å². The summed E-state index contributed by atoms with van der Waals surface area (Å²) in [7, 11) is 0. The number of nitrogens with two attached hydrogens (primary N) is 1. The molecule has 2 rings (SSSR count). The van der Waals surface area contributed by atoms with Crippen LogP contribution in [0.25, 0.3) is 5.52 Å². The van der Waals surface area contributed by atoms with Crippen molar-refractivity contribution in [1.82, 2.24) is 14.8 Å². The summed E-state index contributed by atoms with van der Waals surface area (Å²) in [4.78, 5) is 0. The third kappa shape index (κ3) is 1.67. The Bertz CT molecular complexity index is 405. The fourth-order valence-electron chi connectivity index (χ4n) is 1.36. The number of hydrogen-bond acceptors (Lipinski definition) is 3. The molecule has 2 aromatic heterocycles. The molecule has 4 heteroatoms. The van der Waals surface area contributed by atoms with Gasteiger partial charge < -0.3 is 5.73 Å². The molecule has 0 bridgehead atoms. The molecular weight excluding hydrogens is 164 g/mol. The highest BCUT2D eigenvalue weighted by molar-refractivity contribution is 5.43. The predicted molar refractivity (Wildman–Crippen MR) is 50.3 cm³/mol. The number of rotatable bonds is 2. The van der Waals surface area contributed by atoms with Crippen molar-refractivity contribution in [2.75, 3.05) is 0 Å². The van der Waals surface area contributed by atoms with Crippen molar-refractivity contribution < 1.29 is 0 Å². The number of hydrogen-bond donors (Lipinski definition) is 1. The van der Waals surface area contributed by atoms with E-state index in [1.54, 1.807) is 10.7 Å². The van der Waals surface area contributed by atoms with Gasteiger partial charge in [0.1, 0.15) is 0 Å². The van der Waals surface area contributed by atoms with E-state index in [-0.39, 0.29) is 6.04 Å². The van der Waals surface area contributed by atoms with E-state index in [4.69, 9.17) is 5.73 Å². The summed E-state index contributed by atoms with van der Waals surface area (Å²) in [5.41, 5.74) is 7.89. The number of pyridine rings is 1. The van der Waals surface area contributed by atoms with Crippen molar-refractivity contribution in [3.63, 3.8) is 0 Å². The van der Waals surface area contributed by atoms with Gasteiger partial charge in [0, 0.05) is 12.2 Å². The number of fused-ring (bicyclic) bond motifs is 1. The first-order chi connectivity index (χ1) is 6.25. The third-order valence-corrected chi connectivity index (χ3v) is 1.92. The smallest absolute Gasteiger partial charge is 0.0865 e. The van der Waals surface area contributed by atoms with Crippen LogP contribution in [0.3, 0.4) is 0 Å². The molecule has 0 radical (unpaired) electrons. The topological polar surface area (TPSA) is 56.2 Å². The minimum absolute atomic E-state index is 0.181. The lowest BCUT2D eigenvalue weighted by Crippen LogP contribution is -2.17. The Balaban J connectivity index is 2.37. The average molecular weight is 176 g/mol. The Morgan fingerprint density at radius 1 is 1.54 bits per heavy atom. The van der Waals surface area contributed by atoms with Gasteiger partial charge in [-0.05, 0) is 25.0 Å². The number of nitrogens with zero attached hydrogens (tertiary/aromatic N) is 3. The fourth-order valence-corrected chi connectivity index (χ4v) is 1.36. The maximum atomic E-state index is 5.70. The van der Waals surface area contributed by atoms with E-state index in [0.717, 1.165) is 11.9 Å². The summed E-state index contributed by atoms with van der Waals surface area (Å²) in [6.45, 7) is 1.99. The van der Waals surface area contributed by atoms with Crippen molar-refractivity contribution in [3.05, 3.63) is 30.1 Å². The van der Waals surface area contributed by atoms with E-state index in [1.807, 2.05) is 19.2 Å². The van der Waals surface area contributed by atoms with Gasteiger partial charge in [0.25, 0.3) is 0 Å². The van der Waals surface area contributed by atoms with Gasteiger partial charge in [-0.25, -0.2) is 4.52 Å². The third-order valence-electron chi connectivity index (χ3n) is 1.92. The second-order valence-corrected chi connectivity index (χ2v) is 3.32. The van der Waals surface area contributed by atoms with Crippen molar-refractivity contribution >= 4 is 5.52 Å². The monoisotopic (exact) mass is 176 g/mol. The van der Waals surface area contributed by atoms with Crippen molar-refractivity contribution in [3.8, 4) is 0 Å². The molecule has 0 amide bonds. The summed E-state index contributed by atoms with van der Waals surface area (Å²) < 4.78 is 1.76. The zero-order chi connectivity index (χ0) is 9.26. The molecule has 2 N–H and O–H groups in total. The highest BCUT2D eigenvalue weighted by Gasteiger charge is 1.99. The number of aromatic nitrogens is 3. The van der Waals surface area contributed by atoms with Crippen molar-refractivity contribution in [2.45, 2.75) is 19.4 Å². The molecule has 68 valence electrons. The lowest BCUT2D eigenvalue weighted by molar-refractivity contribution is 0.729. The molecule has 1 unspecified atom stereocenters. The lowest BCUT2D eigenvalue weighted by atomic mass is 10.1. The highest BCUT2D eigenvalue weighted by Crippen LogP contribution is 2.05. The van der Waals surface area contributed by atoms with Crippen LogP contribution in [0, 0.1) is 0 Å². The van der Waals surface area contributed by atoms with Gasteiger partial charge >= 0.3 is 0 Å². The van der Waals surface area contributed by atoms with Crippen LogP contribution in [0.15, 0.2) is 24.5 Å². The van der Waals surface area contributed by atoms with E-state index in [1.165, 1.54) is 5.56 Å². The Labute approximate surface area is 76.4 Å². The van der Waals surface area contributed by atoms with Crippen LogP contribution in [-0.4, -0.2) is 20.9 Å². The van der Waals surface area contributed by atoms with Crippen LogP contribution >= 0.6 is 0 Å². The van der Waals surface area contributed by atoms with E-state index < -0.39 is 0 Å². The van der Waals surface area contributed by atoms with Gasteiger partial charge in [-0.2, -0.15) is 0 Å². The molecule has 0 aliphatic heterocycles. The zero-order valence-electron chi connectivity index (χ0n) is 7.51. The van der Waals surface area contributed by atoms with Crippen LogP contribution in [-0.2, 0) is 6.42 Å². The summed E-state index contributed by atoms with van der Waals surface area (Å²) in [5, 5.41) is 7.72. The first-order valence-electron chi connectivity index (χ1n) is 4.30. The first-order valence-corrected chi connectivity index (χ1v) is 4.30. The standard InChI is InChI=1S/C9H12N4/c1-7(10)4-8-2-3-9-5-11-12-13(9)6-8/h2-3,5-7H,4,10H2,1H3. The lowest BCUT2D eigenvalue weighted by Gasteiger charge is -2.04. The fraction of sp³-hybridized carbons (Fsp3) is 0.333. The molecular formula is C9H12N4. The normalized spacial score (nSPS) is 13.4. The zero-order valence-corrected chi connectivity index (χ0v) is 7.51. The predicted octanol–water partition coefficient (Wildman–Crippen LogP) is 0.619. The second-order valence-electron chi connectivity index (χ2n) is 3.32. The summed E-state index contributed by atoms with van der Waals surface area (Å²) in [6.07, 6.45) is 4.57. The summed E-state index contributed by atoms with van der Waals surface area (Å²) in [6, 6.07) is 4.24. The molecule has 0 aliphatic carbocycles. The Morgan fingerprint density at radius 2 is 2.38 bits per heavy atom. The molecule has 2 heterocycles. The van der Waals surface area contributed by atoms with Gasteiger partial charge in [0.15, 0.2) is 0 Å². The molecule has 13 heavy (non-hydrogen) atoms. The SMILES string of the molecule is CC(N)Cc1ccc2cnnn2c1. The minimum atomic E-state index is 0.181. The molecule has 0 fully saturated rings. The van der Waals surface area contributed by atoms with Crippen molar-refractivity contribution in [2.24, 2.45) is 5.73 Å². The van der Waals surface area contributed by atoms with E-state index in [9.17, 15) is 0 Å². The largest absolute Gasteiger partial charge is 0.328 e. The molecule has 0 aromatic carbocycles. The van der Waals surface area contributed by atoms with Crippen LogP contribution in [0.5, 0.6) is 0 Å². The Morgan fingerprint density at radius 3 is 3.15 bits per heavy atom. The van der Waals surface area contributed by atoms with Gasteiger partial charge in [-0.3, -0.25) is 0 Å². The molecule has 0 saturated carbocycles. The van der Waals surface area contributed by atoms with Gasteiger partial charge in [-0.1, -0.05) is 11.3 Å². The second kappa shape index (κ2) is 3.14. The Kier molecular flexibility index (Phi) is 1.98. The van der Waals surface area contributed by atoms with E-state index >= 15 is 0 Å². The van der Waals surface area contributed by atoms with Gasteiger partial charge in [0.05, 0.1) is 11.7 Å². The molecule has 2 aromatic rings. The maximum Gasteiger partial charge on any atom is 0.0865 e. The minimum Gasteiger partial charge on any atom is -0.328 e. The van der Waals surface area contributed by atoms with E-state index in [2.05, 4.69) is 16.4 Å². The molecule has 1 atom stereocenters. The average Bonchev–Trinajstić information content (AvgIpc) is 2.49. The van der Waals surface area contributed by atoms with Gasteiger partial charge in [0.2, 0.25) is 0 Å². The molecule has 0 aliphatic rings. The highest BCUT2D eigenvalue weighted by atomic mass is 15.4. The maximum absolute atomic E-state index is 5.70. The summed E-state index contributed by atoms with van der Waals surface area (Å²) >= 11 is 0. The van der Waals surface area contributed by atoms with Crippen molar-refractivity contribution in [1.29, 1.82) is 0 Å². The first kappa shape index (κ1) is 8.19. The van der Waals surface area contributed by atoms with E-state index in [0.29, 0.717) is 0 Å². The van der Waals surface area contributed by atoms with Crippen LogP contribution in [0.4, 0.5) is 0 Å². The molecule has 0 spiro atoms. The van der Waals surface area contributed by atoms with Crippen LogP contribution < -0.4 is 5.73 Å². The Hall–Kier alpha value is -1.42. The quantitative estimate of drug-likeness (QED) is 0.729. The molecule has 0 saturated heterocycles.